The van der Waals surface area contributed by atoms with Gasteiger partial charge in [0.1, 0.15) is 5.82 Å². The molecule has 0 radical (unpaired) electrons. The summed E-state index contributed by atoms with van der Waals surface area (Å²) in [6.07, 6.45) is 2.15. The quantitative estimate of drug-likeness (QED) is 0.784. The molecule has 14 heavy (non-hydrogen) atoms. The van der Waals surface area contributed by atoms with Crippen LogP contribution in [0.1, 0.15) is 44.8 Å². The minimum absolute atomic E-state index is 0.280. The molecule has 1 unspecified atom stereocenters. The fourth-order valence-corrected chi connectivity index (χ4v) is 1.14. The Balaban J connectivity index is 2.44. The van der Waals surface area contributed by atoms with Gasteiger partial charge in [0.25, 0.3) is 0 Å². The molecule has 0 saturated heterocycles. The van der Waals surface area contributed by atoms with Gasteiger partial charge in [-0.15, -0.1) is 0 Å². The third kappa shape index (κ3) is 3.10. The molecule has 0 bridgehead atoms. The smallest absolute Gasteiger partial charge is 0.153 e. The van der Waals surface area contributed by atoms with Crippen LogP contribution in [0.2, 0.25) is 0 Å². The van der Waals surface area contributed by atoms with E-state index in [1.54, 1.807) is 7.11 Å². The first-order chi connectivity index (χ1) is 6.63. The average Bonchev–Trinajstić information content (AvgIpc) is 2.62. The first kappa shape index (κ1) is 11.2. The third-order valence-electron chi connectivity index (χ3n) is 2.26. The summed E-state index contributed by atoms with van der Waals surface area (Å²) in [5.74, 6) is 2.24. The van der Waals surface area contributed by atoms with E-state index < -0.39 is 0 Å². The highest BCUT2D eigenvalue weighted by molar-refractivity contribution is 4.95. The molecule has 1 heterocycles. The van der Waals surface area contributed by atoms with Gasteiger partial charge in [-0.1, -0.05) is 13.8 Å². The van der Waals surface area contributed by atoms with Crippen LogP contribution in [0.5, 0.6) is 0 Å². The van der Waals surface area contributed by atoms with E-state index in [9.17, 15) is 0 Å². The Labute approximate surface area is 85.1 Å². The van der Waals surface area contributed by atoms with Gasteiger partial charge >= 0.3 is 0 Å². The third-order valence-corrected chi connectivity index (χ3v) is 2.26. The number of nitrogens with zero attached hydrogens (tertiary/aromatic N) is 2. The maximum Gasteiger partial charge on any atom is 0.153 e. The van der Waals surface area contributed by atoms with Crippen molar-refractivity contribution in [3.63, 3.8) is 0 Å². The highest BCUT2D eigenvalue weighted by atomic mass is 16.5. The number of rotatable bonds is 5. The van der Waals surface area contributed by atoms with E-state index in [1.807, 2.05) is 0 Å². The predicted octanol–water partition coefficient (Wildman–Crippen LogP) is 1.90. The summed E-state index contributed by atoms with van der Waals surface area (Å²) in [4.78, 5) is 4.39. The van der Waals surface area contributed by atoms with E-state index in [2.05, 4.69) is 36.0 Å². The van der Waals surface area contributed by atoms with Crippen molar-refractivity contribution in [1.29, 1.82) is 0 Å². The fourth-order valence-electron chi connectivity index (χ4n) is 1.14. The zero-order valence-electron chi connectivity index (χ0n) is 9.37. The van der Waals surface area contributed by atoms with Crippen molar-refractivity contribution in [2.75, 3.05) is 7.11 Å². The molecule has 0 aromatic carbocycles. The van der Waals surface area contributed by atoms with Gasteiger partial charge in [-0.05, 0) is 13.3 Å². The first-order valence-electron chi connectivity index (χ1n) is 5.07. The summed E-state index contributed by atoms with van der Waals surface area (Å²) in [7, 11) is 1.73. The molecule has 0 fully saturated rings. The fraction of sp³-hybridized carbons (Fsp3) is 0.800. The average molecular weight is 197 g/mol. The molecule has 4 nitrogen and oxygen atoms in total. The molecule has 1 rings (SSSR count). The van der Waals surface area contributed by atoms with Crippen molar-refractivity contribution in [3.8, 4) is 0 Å². The van der Waals surface area contributed by atoms with Crippen molar-refractivity contribution in [2.45, 2.75) is 45.6 Å². The molecule has 80 valence electrons. The Morgan fingerprint density at radius 1 is 1.36 bits per heavy atom. The predicted molar refractivity (Wildman–Crippen MR) is 55.3 cm³/mol. The van der Waals surface area contributed by atoms with Crippen LogP contribution in [0.15, 0.2) is 0 Å². The molecule has 1 aromatic heterocycles. The second kappa shape index (κ2) is 5.10. The zero-order valence-corrected chi connectivity index (χ0v) is 9.37. The van der Waals surface area contributed by atoms with Crippen LogP contribution in [-0.4, -0.2) is 28.4 Å². The van der Waals surface area contributed by atoms with Crippen LogP contribution in [-0.2, 0) is 11.2 Å². The SMILES string of the molecule is COC(C)CCc1nc(C(C)C)n[nH]1. The normalized spacial score (nSPS) is 13.5. The molecule has 0 aliphatic rings. The molecule has 0 aliphatic heterocycles. The monoisotopic (exact) mass is 197 g/mol. The molecule has 1 atom stereocenters. The summed E-state index contributed by atoms with van der Waals surface area (Å²) in [6, 6.07) is 0. The first-order valence-corrected chi connectivity index (χ1v) is 5.07. The lowest BCUT2D eigenvalue weighted by Gasteiger charge is -2.06. The van der Waals surface area contributed by atoms with Crippen LogP contribution >= 0.6 is 0 Å². The number of nitrogens with one attached hydrogen (secondary N) is 1. The number of aryl methyl sites for hydroxylation is 1. The minimum Gasteiger partial charge on any atom is -0.382 e. The number of hydrogen-bond acceptors (Lipinski definition) is 3. The van der Waals surface area contributed by atoms with Gasteiger partial charge in [0.2, 0.25) is 0 Å². The standard InChI is InChI=1S/C10H19N3O/c1-7(2)10-11-9(12-13-10)6-5-8(3)14-4/h7-8H,5-6H2,1-4H3,(H,11,12,13). The van der Waals surface area contributed by atoms with Crippen molar-refractivity contribution >= 4 is 0 Å². The summed E-state index contributed by atoms with van der Waals surface area (Å²) in [6.45, 7) is 6.23. The highest BCUT2D eigenvalue weighted by Gasteiger charge is 2.07. The molecule has 0 saturated carbocycles. The molecule has 4 heteroatoms. The van der Waals surface area contributed by atoms with Gasteiger partial charge in [0.05, 0.1) is 6.10 Å². The summed E-state index contributed by atoms with van der Waals surface area (Å²) < 4.78 is 5.16. The number of H-pyrrole nitrogens is 1. The van der Waals surface area contributed by atoms with E-state index in [0.29, 0.717) is 5.92 Å². The molecular formula is C10H19N3O. The summed E-state index contributed by atoms with van der Waals surface area (Å²) in [5.41, 5.74) is 0. The van der Waals surface area contributed by atoms with E-state index in [1.165, 1.54) is 0 Å². The number of aromatic nitrogens is 3. The van der Waals surface area contributed by atoms with Gasteiger partial charge in [-0.3, -0.25) is 5.10 Å². The summed E-state index contributed by atoms with van der Waals surface area (Å²) >= 11 is 0. The maximum atomic E-state index is 5.16. The lowest BCUT2D eigenvalue weighted by molar-refractivity contribution is 0.111. The molecule has 0 spiro atoms. The Morgan fingerprint density at radius 3 is 2.57 bits per heavy atom. The Hall–Kier alpha value is -0.900. The second-order valence-corrected chi connectivity index (χ2v) is 3.88. The van der Waals surface area contributed by atoms with Gasteiger partial charge in [-0.2, -0.15) is 5.10 Å². The van der Waals surface area contributed by atoms with Crippen LogP contribution < -0.4 is 0 Å². The molecule has 0 aliphatic carbocycles. The van der Waals surface area contributed by atoms with Gasteiger partial charge in [0.15, 0.2) is 5.82 Å². The number of methoxy groups -OCH3 is 1. The zero-order chi connectivity index (χ0) is 10.6. The Bertz CT molecular complexity index is 270. The van der Waals surface area contributed by atoms with Crippen molar-refractivity contribution in [3.05, 3.63) is 11.6 Å². The van der Waals surface area contributed by atoms with Gasteiger partial charge in [0, 0.05) is 19.4 Å². The van der Waals surface area contributed by atoms with Crippen molar-refractivity contribution < 1.29 is 4.74 Å². The Kier molecular flexibility index (Phi) is 4.07. The van der Waals surface area contributed by atoms with E-state index >= 15 is 0 Å². The minimum atomic E-state index is 0.280. The second-order valence-electron chi connectivity index (χ2n) is 3.88. The maximum absolute atomic E-state index is 5.16. The van der Waals surface area contributed by atoms with E-state index in [4.69, 9.17) is 4.74 Å². The summed E-state index contributed by atoms with van der Waals surface area (Å²) in [5, 5.41) is 7.09. The van der Waals surface area contributed by atoms with Crippen LogP contribution in [0, 0.1) is 0 Å². The topological polar surface area (TPSA) is 50.8 Å². The number of hydrogen-bond donors (Lipinski definition) is 1. The molecular weight excluding hydrogens is 178 g/mol. The molecule has 1 N–H and O–H groups in total. The van der Waals surface area contributed by atoms with Crippen molar-refractivity contribution in [1.82, 2.24) is 15.2 Å². The lowest BCUT2D eigenvalue weighted by Crippen LogP contribution is -2.06. The van der Waals surface area contributed by atoms with Crippen molar-refractivity contribution in [2.24, 2.45) is 0 Å². The van der Waals surface area contributed by atoms with E-state index in [-0.39, 0.29) is 6.10 Å². The highest BCUT2D eigenvalue weighted by Crippen LogP contribution is 2.09. The largest absolute Gasteiger partial charge is 0.382 e. The van der Waals surface area contributed by atoms with Crippen LogP contribution in [0.4, 0.5) is 0 Å². The lowest BCUT2D eigenvalue weighted by atomic mass is 10.2. The number of aromatic amines is 1. The van der Waals surface area contributed by atoms with Crippen LogP contribution in [0.25, 0.3) is 0 Å². The Morgan fingerprint density at radius 2 is 2.07 bits per heavy atom. The van der Waals surface area contributed by atoms with Gasteiger partial charge in [-0.25, -0.2) is 4.98 Å². The van der Waals surface area contributed by atoms with E-state index in [0.717, 1.165) is 24.5 Å². The molecule has 1 aromatic rings. The molecule has 0 amide bonds. The van der Waals surface area contributed by atoms with Crippen LogP contribution in [0.3, 0.4) is 0 Å². The van der Waals surface area contributed by atoms with Gasteiger partial charge < -0.3 is 4.74 Å². The number of ether oxygens (including phenoxy) is 1.